The monoisotopic (exact) mass is 189 g/mol. The Kier molecular flexibility index (Phi) is 6.19. The summed E-state index contributed by atoms with van der Waals surface area (Å²) in [4.78, 5) is 0. The average Bonchev–Trinajstić information content (AvgIpc) is 1.30. The van der Waals surface area contributed by atoms with E-state index in [1.165, 1.54) is 0 Å². The van der Waals surface area contributed by atoms with E-state index in [0.717, 1.165) is 0 Å². The van der Waals surface area contributed by atoms with Crippen LogP contribution >= 0.6 is 0 Å². The van der Waals surface area contributed by atoms with Crippen LogP contribution in [0.25, 0.3) is 0 Å². The maximum atomic E-state index is 9.71. The van der Waals surface area contributed by atoms with Crippen molar-refractivity contribution in [1.82, 2.24) is 0 Å². The zero-order valence-electron chi connectivity index (χ0n) is 4.37. The molecule has 0 unspecified atom stereocenters. The van der Waals surface area contributed by atoms with Crippen molar-refractivity contribution in [3.63, 3.8) is 0 Å². The van der Waals surface area contributed by atoms with Crippen molar-refractivity contribution >= 4 is 10.1 Å². The largest absolute Gasteiger partial charge is 2.00 e. The van der Waals surface area contributed by atoms with E-state index in [4.69, 9.17) is 10.3 Å². The van der Waals surface area contributed by atoms with E-state index in [9.17, 15) is 8.42 Å². The molecule has 0 aliphatic carbocycles. The van der Waals surface area contributed by atoms with Gasteiger partial charge in [0, 0.05) is 6.54 Å². The third-order valence-electron chi connectivity index (χ3n) is 0.376. The molecule has 0 heterocycles. The molecule has 0 radical (unpaired) electrons. The van der Waals surface area contributed by atoms with Crippen molar-refractivity contribution in [2.24, 2.45) is 5.73 Å². The molecule has 0 aromatic rings. The molecular weight excluding hydrogens is 183 g/mol. The topological polar surface area (TPSA) is 80.4 Å². The van der Waals surface area contributed by atoms with E-state index in [1.54, 1.807) is 0 Å². The Morgan fingerprint density at radius 2 is 1.88 bits per heavy atom. The van der Waals surface area contributed by atoms with Crippen molar-refractivity contribution in [3.8, 4) is 0 Å². The molecule has 0 rings (SSSR count). The standard InChI is InChI=1S/C2H7NO3S.Zn/c3-1-2-7(4,5)6;/h1-3H2,(H,4,5,6);/q;+2. The SMILES string of the molecule is NCCS(=O)(=O)O.[Zn+2]. The van der Waals surface area contributed by atoms with Crippen molar-refractivity contribution in [1.29, 1.82) is 0 Å². The second kappa shape index (κ2) is 4.38. The molecular formula is C2H7NO3SZn+2. The van der Waals surface area contributed by atoms with Gasteiger partial charge >= 0.3 is 19.5 Å². The zero-order valence-corrected chi connectivity index (χ0v) is 8.15. The Balaban J connectivity index is 0. The van der Waals surface area contributed by atoms with Gasteiger partial charge in [-0.3, -0.25) is 4.55 Å². The van der Waals surface area contributed by atoms with Crippen LogP contribution in [0.5, 0.6) is 0 Å². The predicted octanol–water partition coefficient (Wildman–Crippen LogP) is -1.17. The number of rotatable bonds is 2. The van der Waals surface area contributed by atoms with Crippen molar-refractivity contribution in [2.45, 2.75) is 0 Å². The van der Waals surface area contributed by atoms with Crippen LogP contribution in [0.15, 0.2) is 0 Å². The number of hydrogen-bond acceptors (Lipinski definition) is 3. The number of hydrogen-bond donors (Lipinski definition) is 2. The van der Waals surface area contributed by atoms with Crippen LogP contribution in [0.4, 0.5) is 0 Å². The molecule has 6 heteroatoms. The minimum absolute atomic E-state index is 0. The van der Waals surface area contributed by atoms with Crippen LogP contribution in [0.2, 0.25) is 0 Å². The van der Waals surface area contributed by atoms with Gasteiger partial charge in [-0.05, 0) is 0 Å². The third kappa shape index (κ3) is 9.71. The Morgan fingerprint density at radius 3 is 1.88 bits per heavy atom. The Hall–Kier alpha value is 0.493. The van der Waals surface area contributed by atoms with Crippen molar-refractivity contribution in [2.75, 3.05) is 12.3 Å². The maximum Gasteiger partial charge on any atom is 2.00 e. The summed E-state index contributed by atoms with van der Waals surface area (Å²) in [5.41, 5.74) is 4.78. The maximum absolute atomic E-state index is 9.71. The van der Waals surface area contributed by atoms with E-state index in [-0.39, 0.29) is 31.8 Å². The van der Waals surface area contributed by atoms with Gasteiger partial charge in [0.15, 0.2) is 0 Å². The molecule has 0 amide bonds. The zero-order chi connectivity index (χ0) is 5.91. The summed E-state index contributed by atoms with van der Waals surface area (Å²) in [5.74, 6) is -0.354. The van der Waals surface area contributed by atoms with E-state index in [0.29, 0.717) is 0 Å². The van der Waals surface area contributed by atoms with Crippen LogP contribution in [-0.4, -0.2) is 25.3 Å². The summed E-state index contributed by atoms with van der Waals surface area (Å²) in [6.07, 6.45) is 0. The summed E-state index contributed by atoms with van der Waals surface area (Å²) in [7, 11) is -3.80. The smallest absolute Gasteiger partial charge is 0.329 e. The van der Waals surface area contributed by atoms with E-state index in [2.05, 4.69) is 0 Å². The molecule has 0 spiro atoms. The van der Waals surface area contributed by atoms with Crippen LogP contribution in [0.1, 0.15) is 0 Å². The first-order chi connectivity index (χ1) is 3.06. The fourth-order valence-electron chi connectivity index (χ4n) is 0.149. The van der Waals surface area contributed by atoms with Gasteiger partial charge in [-0.2, -0.15) is 8.42 Å². The normalized spacial score (nSPS) is 10.2. The second-order valence-corrected chi connectivity index (χ2v) is 2.65. The average molecular weight is 191 g/mol. The molecule has 3 N–H and O–H groups in total. The van der Waals surface area contributed by atoms with E-state index < -0.39 is 10.1 Å². The predicted molar refractivity (Wildman–Crippen MR) is 25.5 cm³/mol. The van der Waals surface area contributed by atoms with Gasteiger partial charge in [0.1, 0.15) is 0 Å². The first kappa shape index (κ1) is 11.3. The molecule has 4 nitrogen and oxygen atoms in total. The third-order valence-corrected chi connectivity index (χ3v) is 1.13. The summed E-state index contributed by atoms with van der Waals surface area (Å²) in [6, 6.07) is 0. The molecule has 44 valence electrons. The van der Waals surface area contributed by atoms with Crippen molar-refractivity contribution in [3.05, 3.63) is 0 Å². The molecule has 0 saturated heterocycles. The second-order valence-electron chi connectivity index (χ2n) is 1.07. The van der Waals surface area contributed by atoms with Gasteiger partial charge in [0.2, 0.25) is 0 Å². The Bertz CT molecular complexity index is 130. The molecule has 0 fully saturated rings. The van der Waals surface area contributed by atoms with Gasteiger partial charge in [0.05, 0.1) is 5.75 Å². The molecule has 0 aromatic carbocycles. The van der Waals surface area contributed by atoms with Gasteiger partial charge in [-0.15, -0.1) is 0 Å². The van der Waals surface area contributed by atoms with Crippen LogP contribution in [-0.2, 0) is 29.6 Å². The Morgan fingerprint density at radius 1 is 1.50 bits per heavy atom. The Labute approximate surface area is 61.0 Å². The molecule has 0 saturated carbocycles. The molecule has 0 bridgehead atoms. The van der Waals surface area contributed by atoms with Gasteiger partial charge in [0.25, 0.3) is 10.1 Å². The fourth-order valence-corrected chi connectivity index (χ4v) is 0.447. The van der Waals surface area contributed by atoms with Crippen LogP contribution < -0.4 is 5.73 Å². The van der Waals surface area contributed by atoms with Crippen molar-refractivity contribution < 1.29 is 32.4 Å². The minimum atomic E-state index is -3.80. The summed E-state index contributed by atoms with van der Waals surface area (Å²) in [5, 5.41) is 0. The molecule has 0 aliphatic heterocycles. The molecule has 0 aliphatic rings. The first-order valence-electron chi connectivity index (χ1n) is 1.71. The van der Waals surface area contributed by atoms with E-state index in [1.807, 2.05) is 0 Å². The van der Waals surface area contributed by atoms with Crippen LogP contribution in [0, 0.1) is 0 Å². The van der Waals surface area contributed by atoms with Gasteiger partial charge in [-0.25, -0.2) is 0 Å². The summed E-state index contributed by atoms with van der Waals surface area (Å²) in [6.45, 7) is -0.0289. The van der Waals surface area contributed by atoms with Gasteiger partial charge in [-0.1, -0.05) is 0 Å². The van der Waals surface area contributed by atoms with Gasteiger partial charge < -0.3 is 5.73 Å². The summed E-state index contributed by atoms with van der Waals surface area (Å²) >= 11 is 0. The van der Waals surface area contributed by atoms with E-state index >= 15 is 0 Å². The number of nitrogens with two attached hydrogens (primary N) is 1. The quantitative estimate of drug-likeness (QED) is 0.425. The summed E-state index contributed by atoms with van der Waals surface area (Å²) < 4.78 is 27.3. The molecule has 0 atom stereocenters. The molecule has 0 aromatic heterocycles. The fraction of sp³-hybridized carbons (Fsp3) is 1.00. The minimum Gasteiger partial charge on any atom is -0.329 e. The molecule has 8 heavy (non-hydrogen) atoms. The van der Waals surface area contributed by atoms with Crippen LogP contribution in [0.3, 0.4) is 0 Å². The first-order valence-corrected chi connectivity index (χ1v) is 3.32.